The molecule has 17 nitrogen and oxygen atoms in total. The third kappa shape index (κ3) is 5.78. The van der Waals surface area contributed by atoms with Crippen molar-refractivity contribution < 1.29 is 43.0 Å². The Hall–Kier alpha value is -6.53. The molecule has 0 saturated carbocycles. The van der Waals surface area contributed by atoms with Gasteiger partial charge >= 0.3 is 5.97 Å². The van der Waals surface area contributed by atoms with Crippen LogP contribution in [0.15, 0.2) is 60.8 Å². The van der Waals surface area contributed by atoms with Crippen molar-refractivity contribution in [1.82, 2.24) is 19.1 Å². The highest BCUT2D eigenvalue weighted by atomic mass is 32.1. The second-order valence-corrected chi connectivity index (χ2v) is 12.4. The van der Waals surface area contributed by atoms with Gasteiger partial charge in [-0.2, -0.15) is 4.37 Å². The van der Waals surface area contributed by atoms with E-state index in [1.54, 1.807) is 48.1 Å². The molecule has 2 aromatic carbocycles. The van der Waals surface area contributed by atoms with Crippen LogP contribution in [0.5, 0.6) is 5.88 Å². The maximum atomic E-state index is 13.9. The fourth-order valence-corrected chi connectivity index (χ4v) is 6.98. The highest BCUT2D eigenvalue weighted by Crippen LogP contribution is 2.39. The first-order valence-corrected chi connectivity index (χ1v) is 16.4. The number of aryl methyl sites for hydroxylation is 1. The van der Waals surface area contributed by atoms with E-state index < -0.39 is 47.7 Å². The molecule has 264 valence electrons. The van der Waals surface area contributed by atoms with Crippen molar-refractivity contribution in [2.75, 3.05) is 35.4 Å². The van der Waals surface area contributed by atoms with E-state index in [1.165, 1.54) is 36.3 Å². The number of fused-ring (bicyclic) bond motifs is 2. The summed E-state index contributed by atoms with van der Waals surface area (Å²) in [5.74, 6) is -4.09. The summed E-state index contributed by atoms with van der Waals surface area (Å²) in [6.07, 6.45) is -1.84. The highest BCUT2D eigenvalue weighted by molar-refractivity contribution is 7.14. The molecule has 1 saturated heterocycles. The first-order valence-electron chi connectivity index (χ1n) is 15.7. The molecule has 0 unspecified atom stereocenters. The topological polar surface area (TPSA) is 218 Å². The first kappa shape index (κ1) is 33.9. The van der Waals surface area contributed by atoms with Gasteiger partial charge in [0, 0.05) is 36.3 Å². The summed E-state index contributed by atoms with van der Waals surface area (Å²) in [5.41, 5.74) is 7.22. The normalized spacial score (nSPS) is 16.2. The summed E-state index contributed by atoms with van der Waals surface area (Å²) >= 11 is 0.790. The number of esters is 1. The Morgan fingerprint density at radius 3 is 2.46 bits per heavy atom. The van der Waals surface area contributed by atoms with Crippen LogP contribution in [0.4, 0.5) is 17.3 Å². The van der Waals surface area contributed by atoms with Gasteiger partial charge in [-0.25, -0.2) is 14.6 Å². The Kier molecular flexibility index (Phi) is 8.69. The van der Waals surface area contributed by atoms with E-state index in [9.17, 15) is 28.8 Å². The summed E-state index contributed by atoms with van der Waals surface area (Å²) in [6.45, 7) is 2.91. The van der Waals surface area contributed by atoms with Crippen LogP contribution >= 0.6 is 11.5 Å². The maximum Gasteiger partial charge on any atom is 0.303 e. The number of carbonyl (C=O) groups excluding carboxylic acids is 6. The van der Waals surface area contributed by atoms with Gasteiger partial charge in [-0.1, -0.05) is 12.1 Å². The Bertz CT molecular complexity index is 2300. The molecule has 2 aliphatic rings. The SMILES string of the molecule is COc1cc(-n2nc(N3CCO[C@H]([C@@H](OC(C)=O)C(=O)Nc4ccc5c(N6C(=O)c7ccccc7C6=O)nsc5c4C(N)=O)C3=O)cc2C)ccn1. The lowest BCUT2D eigenvalue weighted by molar-refractivity contribution is -0.167. The van der Waals surface area contributed by atoms with Gasteiger partial charge in [0.2, 0.25) is 12.0 Å². The predicted octanol–water partition coefficient (Wildman–Crippen LogP) is 2.40. The van der Waals surface area contributed by atoms with Crippen molar-refractivity contribution in [2.24, 2.45) is 5.73 Å². The van der Waals surface area contributed by atoms with E-state index in [-0.39, 0.29) is 57.3 Å². The smallest absolute Gasteiger partial charge is 0.303 e. The zero-order chi connectivity index (χ0) is 36.8. The summed E-state index contributed by atoms with van der Waals surface area (Å²) < 4.78 is 22.3. The largest absolute Gasteiger partial charge is 0.481 e. The molecule has 52 heavy (non-hydrogen) atoms. The van der Waals surface area contributed by atoms with Crippen molar-refractivity contribution in [3.05, 3.63) is 83.2 Å². The molecule has 5 amide bonds. The predicted molar refractivity (Wildman–Crippen MR) is 185 cm³/mol. The number of pyridine rings is 1. The molecule has 0 bridgehead atoms. The van der Waals surface area contributed by atoms with Gasteiger partial charge in [-0.15, -0.1) is 5.10 Å². The van der Waals surface area contributed by atoms with Crippen molar-refractivity contribution in [3.8, 4) is 11.6 Å². The van der Waals surface area contributed by atoms with Crippen molar-refractivity contribution >= 4 is 74.4 Å². The van der Waals surface area contributed by atoms with Gasteiger partial charge in [0.1, 0.15) is 0 Å². The number of hydrogen-bond donors (Lipinski definition) is 2. The number of morpholine rings is 1. The van der Waals surface area contributed by atoms with Crippen LogP contribution < -0.4 is 25.6 Å². The number of amides is 5. The molecule has 5 aromatic rings. The van der Waals surface area contributed by atoms with Gasteiger partial charge < -0.3 is 25.3 Å². The number of primary amides is 1. The summed E-state index contributed by atoms with van der Waals surface area (Å²) in [6, 6.07) is 14.2. The molecule has 3 aromatic heterocycles. The lowest BCUT2D eigenvalue weighted by atomic mass is 10.1. The van der Waals surface area contributed by atoms with E-state index >= 15 is 0 Å². The van der Waals surface area contributed by atoms with Crippen molar-refractivity contribution in [3.63, 3.8) is 0 Å². The minimum Gasteiger partial charge on any atom is -0.481 e. The number of ether oxygens (including phenoxy) is 3. The van der Waals surface area contributed by atoms with E-state index in [0.29, 0.717) is 17.3 Å². The Morgan fingerprint density at radius 1 is 1.06 bits per heavy atom. The first-order chi connectivity index (χ1) is 25.0. The number of nitrogens with zero attached hydrogens (tertiary/aromatic N) is 6. The second-order valence-electron chi connectivity index (χ2n) is 11.6. The molecule has 5 heterocycles. The number of imide groups is 1. The van der Waals surface area contributed by atoms with E-state index in [4.69, 9.17) is 19.9 Å². The van der Waals surface area contributed by atoms with Crippen LogP contribution in [-0.4, -0.2) is 87.1 Å². The third-order valence-electron chi connectivity index (χ3n) is 8.40. The van der Waals surface area contributed by atoms with Gasteiger partial charge in [-0.05, 0) is 48.8 Å². The number of benzene rings is 2. The fraction of sp³-hybridized carbons (Fsp3) is 0.206. The maximum absolute atomic E-state index is 13.9. The number of carbonyl (C=O) groups is 6. The average molecular weight is 725 g/mol. The lowest BCUT2D eigenvalue weighted by Crippen LogP contribution is -2.56. The standard InChI is InChI=1S/C34H28N8O9S/c1-16-14-23(38-42(16)18-10-11-36-24(15-18)49-3)40-12-13-50-27(34(40)48)26(51-17(2)43)31(45)37-22-9-8-21-28(25(22)29(35)44)52-39-30(21)41-32(46)19-6-4-5-7-20(19)33(41)47/h4-11,14-15,26-27H,12-13H2,1-3H3,(H2,35,44)(H,37,45)/t26-,27-/m1/s1. The molecule has 3 N–H and O–H groups in total. The van der Waals surface area contributed by atoms with Crippen LogP contribution in [0.3, 0.4) is 0 Å². The number of aromatic nitrogens is 4. The molecule has 0 spiro atoms. The highest BCUT2D eigenvalue weighted by Gasteiger charge is 2.44. The van der Waals surface area contributed by atoms with Gasteiger partial charge in [0.05, 0.1) is 53.0 Å². The van der Waals surface area contributed by atoms with Crippen LogP contribution in [0.1, 0.15) is 43.7 Å². The van der Waals surface area contributed by atoms with Gasteiger partial charge in [-0.3, -0.25) is 33.7 Å². The van der Waals surface area contributed by atoms with Gasteiger partial charge in [0.15, 0.2) is 17.7 Å². The number of nitrogens with one attached hydrogen (secondary N) is 1. The molecule has 7 rings (SSSR count). The summed E-state index contributed by atoms with van der Waals surface area (Å²) in [5, 5.41) is 7.38. The van der Waals surface area contributed by atoms with Crippen LogP contribution in [0.25, 0.3) is 15.8 Å². The fourth-order valence-electron chi connectivity index (χ4n) is 6.06. The molecule has 0 aliphatic carbocycles. The Balaban J connectivity index is 1.17. The molecule has 2 atom stereocenters. The van der Waals surface area contributed by atoms with E-state index in [1.807, 2.05) is 0 Å². The quantitative estimate of drug-likeness (QED) is 0.165. The van der Waals surface area contributed by atoms with Crippen molar-refractivity contribution in [2.45, 2.75) is 26.1 Å². The molecular weight excluding hydrogens is 696 g/mol. The van der Waals surface area contributed by atoms with Crippen molar-refractivity contribution in [1.29, 1.82) is 0 Å². The molecule has 1 fully saturated rings. The summed E-state index contributed by atoms with van der Waals surface area (Å²) in [7, 11) is 1.49. The lowest BCUT2D eigenvalue weighted by Gasteiger charge is -2.34. The van der Waals surface area contributed by atoms with E-state index in [0.717, 1.165) is 23.4 Å². The van der Waals surface area contributed by atoms with Gasteiger partial charge in [0.25, 0.3) is 29.5 Å². The Morgan fingerprint density at radius 2 is 1.79 bits per heavy atom. The second kappa shape index (κ2) is 13.3. The number of hydrogen-bond acceptors (Lipinski definition) is 13. The van der Waals surface area contributed by atoms with Crippen LogP contribution in [-0.2, 0) is 23.9 Å². The molecule has 18 heteroatoms. The number of anilines is 3. The third-order valence-corrected chi connectivity index (χ3v) is 9.27. The zero-order valence-electron chi connectivity index (χ0n) is 27.7. The number of methoxy groups -OCH3 is 1. The van der Waals surface area contributed by atoms with Crippen LogP contribution in [0, 0.1) is 6.92 Å². The minimum atomic E-state index is -1.80. The molecule has 0 radical (unpaired) electrons. The molecule has 2 aliphatic heterocycles. The monoisotopic (exact) mass is 724 g/mol. The average Bonchev–Trinajstić information content (AvgIpc) is 3.80. The molecular formula is C34H28N8O9S. The Labute approximate surface area is 298 Å². The van der Waals surface area contributed by atoms with Crippen LogP contribution in [0.2, 0.25) is 0 Å². The minimum absolute atomic E-state index is 0.00796. The summed E-state index contributed by atoms with van der Waals surface area (Å²) in [4.78, 5) is 85.5. The number of rotatable bonds is 9. The van der Waals surface area contributed by atoms with E-state index in [2.05, 4.69) is 19.8 Å². The zero-order valence-corrected chi connectivity index (χ0v) is 28.5. The number of nitrogens with two attached hydrogens (primary N) is 1.